The van der Waals surface area contributed by atoms with Crippen molar-refractivity contribution >= 4 is 21.6 Å². The van der Waals surface area contributed by atoms with Crippen LogP contribution in [0.5, 0.6) is 0 Å². The second-order valence-electron chi connectivity index (χ2n) is 7.41. The van der Waals surface area contributed by atoms with Gasteiger partial charge < -0.3 is 14.5 Å². The molecule has 0 aromatic heterocycles. The van der Waals surface area contributed by atoms with Crippen molar-refractivity contribution in [2.45, 2.75) is 30.4 Å². The van der Waals surface area contributed by atoms with Crippen molar-refractivity contribution in [2.24, 2.45) is 5.14 Å². The Morgan fingerprint density at radius 1 is 1.14 bits per heavy atom. The van der Waals surface area contributed by atoms with Crippen LogP contribution in [-0.2, 0) is 21.4 Å². The molecule has 0 spiro atoms. The highest BCUT2D eigenvalue weighted by molar-refractivity contribution is 7.89. The summed E-state index contributed by atoms with van der Waals surface area (Å²) in [4.78, 5) is 15.6. The Balaban J connectivity index is 1.70. The molecule has 29 heavy (non-hydrogen) atoms. The van der Waals surface area contributed by atoms with Crippen LogP contribution in [0.15, 0.2) is 53.4 Å². The summed E-state index contributed by atoms with van der Waals surface area (Å²) in [6, 6.07) is 14.7. The Bertz CT molecular complexity index is 953. The fraction of sp³-hybridized carbons (Fsp3) is 0.381. The molecule has 3 rings (SSSR count). The lowest BCUT2D eigenvalue weighted by Gasteiger charge is -2.34. The van der Waals surface area contributed by atoms with E-state index in [4.69, 9.17) is 9.88 Å². The van der Waals surface area contributed by atoms with Crippen LogP contribution in [0.1, 0.15) is 28.8 Å². The zero-order valence-corrected chi connectivity index (χ0v) is 17.6. The minimum atomic E-state index is -3.97. The van der Waals surface area contributed by atoms with Gasteiger partial charge in [0.05, 0.1) is 18.4 Å². The van der Waals surface area contributed by atoms with E-state index in [-0.39, 0.29) is 16.9 Å². The number of ether oxygens (including phenoxy) is 1. The number of amides is 1. The van der Waals surface area contributed by atoms with Crippen LogP contribution in [0, 0.1) is 0 Å². The van der Waals surface area contributed by atoms with Crippen molar-refractivity contribution < 1.29 is 17.9 Å². The van der Waals surface area contributed by atoms with Gasteiger partial charge in [-0.2, -0.15) is 0 Å². The second-order valence-corrected chi connectivity index (χ2v) is 8.94. The Labute approximate surface area is 172 Å². The summed E-state index contributed by atoms with van der Waals surface area (Å²) in [7, 11) is -0.732. The second kappa shape index (κ2) is 8.94. The molecule has 1 aliphatic heterocycles. The summed E-state index contributed by atoms with van der Waals surface area (Å²) in [5.74, 6) is -0.269. The minimum absolute atomic E-state index is 0.0196. The molecule has 1 amide bonds. The van der Waals surface area contributed by atoms with Gasteiger partial charge in [0.25, 0.3) is 5.91 Å². The first-order valence-corrected chi connectivity index (χ1v) is 11.1. The molecule has 2 N–H and O–H groups in total. The summed E-state index contributed by atoms with van der Waals surface area (Å²) >= 11 is 0. The average molecular weight is 418 g/mol. The fourth-order valence-electron chi connectivity index (χ4n) is 3.45. The van der Waals surface area contributed by atoms with Gasteiger partial charge in [0.2, 0.25) is 10.0 Å². The van der Waals surface area contributed by atoms with E-state index < -0.39 is 10.0 Å². The molecule has 1 fully saturated rings. The lowest BCUT2D eigenvalue weighted by atomic mass is 10.1. The molecular weight excluding hydrogens is 390 g/mol. The quantitative estimate of drug-likeness (QED) is 0.778. The van der Waals surface area contributed by atoms with E-state index in [0.29, 0.717) is 30.9 Å². The maximum atomic E-state index is 12.2. The van der Waals surface area contributed by atoms with Crippen molar-refractivity contribution in [2.75, 3.05) is 32.1 Å². The van der Waals surface area contributed by atoms with Gasteiger partial charge in [0.1, 0.15) is 4.90 Å². The molecule has 0 aliphatic carbocycles. The molecule has 0 atom stereocenters. The highest BCUT2D eigenvalue weighted by Crippen LogP contribution is 2.29. The maximum Gasteiger partial charge on any atom is 0.253 e. The molecule has 1 aliphatic rings. The summed E-state index contributed by atoms with van der Waals surface area (Å²) in [6.07, 6.45) is 1.70. The van der Waals surface area contributed by atoms with Gasteiger partial charge >= 0.3 is 0 Å². The fourth-order valence-corrected chi connectivity index (χ4v) is 4.23. The lowest BCUT2D eigenvalue weighted by Crippen LogP contribution is -2.38. The molecule has 7 nitrogen and oxygen atoms in total. The molecule has 2 aromatic rings. The van der Waals surface area contributed by atoms with Gasteiger partial charge in [-0.05, 0) is 36.6 Å². The number of primary sulfonamides is 1. The highest BCUT2D eigenvalue weighted by Gasteiger charge is 2.26. The molecule has 2 aromatic carbocycles. The number of hydrogen-bond donors (Lipinski definition) is 1. The van der Waals surface area contributed by atoms with Gasteiger partial charge in [0, 0.05) is 32.7 Å². The van der Waals surface area contributed by atoms with E-state index in [1.165, 1.54) is 11.0 Å². The van der Waals surface area contributed by atoms with Crippen LogP contribution in [-0.4, -0.2) is 52.5 Å². The van der Waals surface area contributed by atoms with Gasteiger partial charge in [0.15, 0.2) is 0 Å². The number of piperidine rings is 1. The summed E-state index contributed by atoms with van der Waals surface area (Å²) in [5.41, 5.74) is 1.96. The lowest BCUT2D eigenvalue weighted by molar-refractivity contribution is 0.0251. The van der Waals surface area contributed by atoms with Crippen molar-refractivity contribution in [3.8, 4) is 0 Å². The van der Waals surface area contributed by atoms with Crippen LogP contribution in [0.3, 0.4) is 0 Å². The van der Waals surface area contributed by atoms with Crippen LogP contribution < -0.4 is 10.0 Å². The van der Waals surface area contributed by atoms with E-state index in [9.17, 15) is 13.2 Å². The first-order chi connectivity index (χ1) is 13.8. The van der Waals surface area contributed by atoms with Crippen LogP contribution in [0.4, 0.5) is 5.69 Å². The molecule has 156 valence electrons. The Morgan fingerprint density at radius 2 is 1.79 bits per heavy atom. The first kappa shape index (κ1) is 21.3. The number of nitrogens with zero attached hydrogens (tertiary/aromatic N) is 2. The van der Waals surface area contributed by atoms with Crippen LogP contribution in [0.25, 0.3) is 0 Å². The average Bonchev–Trinajstić information content (AvgIpc) is 2.72. The number of rotatable bonds is 6. The molecule has 1 saturated heterocycles. The summed E-state index contributed by atoms with van der Waals surface area (Å²) in [6.45, 7) is 1.88. The van der Waals surface area contributed by atoms with E-state index in [0.717, 1.165) is 18.4 Å². The Kier molecular flexibility index (Phi) is 6.56. The molecular formula is C21H27N3O4S. The monoisotopic (exact) mass is 417 g/mol. The first-order valence-electron chi connectivity index (χ1n) is 9.54. The molecule has 0 saturated carbocycles. The topological polar surface area (TPSA) is 92.9 Å². The zero-order valence-electron chi connectivity index (χ0n) is 16.7. The van der Waals surface area contributed by atoms with Crippen LogP contribution in [0.2, 0.25) is 0 Å². The van der Waals surface area contributed by atoms with Gasteiger partial charge in [-0.1, -0.05) is 30.3 Å². The number of nitrogens with two attached hydrogens (primary N) is 1. The number of benzene rings is 2. The molecule has 8 heteroatoms. The van der Waals surface area contributed by atoms with E-state index in [1.54, 1.807) is 26.2 Å². The standard InChI is InChI=1S/C21H27N3O4S/c1-23(2)21(25)17-8-9-19(20(14-17)29(22,26)27)24-12-10-18(11-13-24)28-15-16-6-4-3-5-7-16/h3-9,14,18H,10-13,15H2,1-2H3,(H2,22,26,27). The summed E-state index contributed by atoms with van der Waals surface area (Å²) in [5, 5.41) is 5.44. The minimum Gasteiger partial charge on any atom is -0.373 e. The number of sulfonamides is 1. The van der Waals surface area contributed by atoms with E-state index in [1.807, 2.05) is 35.2 Å². The smallest absolute Gasteiger partial charge is 0.253 e. The number of hydrogen-bond acceptors (Lipinski definition) is 5. The van der Waals surface area contributed by atoms with Gasteiger partial charge in [-0.15, -0.1) is 0 Å². The third-order valence-electron chi connectivity index (χ3n) is 5.03. The van der Waals surface area contributed by atoms with Crippen molar-refractivity contribution in [1.82, 2.24) is 4.90 Å². The molecule has 0 bridgehead atoms. The van der Waals surface area contributed by atoms with Gasteiger partial charge in [-0.3, -0.25) is 4.79 Å². The summed E-state index contributed by atoms with van der Waals surface area (Å²) < 4.78 is 30.3. The van der Waals surface area contributed by atoms with E-state index >= 15 is 0 Å². The number of carbonyl (C=O) groups is 1. The SMILES string of the molecule is CN(C)C(=O)c1ccc(N2CCC(OCc3ccccc3)CC2)c(S(N)(=O)=O)c1. The van der Waals surface area contributed by atoms with Crippen molar-refractivity contribution in [1.29, 1.82) is 0 Å². The van der Waals surface area contributed by atoms with E-state index in [2.05, 4.69) is 0 Å². The van der Waals surface area contributed by atoms with Crippen molar-refractivity contribution in [3.05, 3.63) is 59.7 Å². The molecule has 1 heterocycles. The Hall–Kier alpha value is -2.42. The van der Waals surface area contributed by atoms with Crippen molar-refractivity contribution in [3.63, 3.8) is 0 Å². The number of anilines is 1. The molecule has 0 radical (unpaired) electrons. The number of carbonyl (C=O) groups excluding carboxylic acids is 1. The zero-order chi connectivity index (χ0) is 21.0. The third-order valence-corrected chi connectivity index (χ3v) is 5.97. The highest BCUT2D eigenvalue weighted by atomic mass is 32.2. The molecule has 0 unspecified atom stereocenters. The maximum absolute atomic E-state index is 12.2. The van der Waals surface area contributed by atoms with Gasteiger partial charge in [-0.25, -0.2) is 13.6 Å². The predicted molar refractivity (Wildman–Crippen MR) is 112 cm³/mol. The Morgan fingerprint density at radius 3 is 2.38 bits per heavy atom. The normalized spacial score (nSPS) is 15.3. The van der Waals surface area contributed by atoms with Crippen LogP contribution >= 0.6 is 0 Å². The largest absolute Gasteiger partial charge is 0.373 e. The third kappa shape index (κ3) is 5.35. The predicted octanol–water partition coefficient (Wildman–Crippen LogP) is 2.22.